The number of benzene rings is 2. The van der Waals surface area contributed by atoms with Crippen LogP contribution in [0.1, 0.15) is 12.0 Å². The third-order valence-corrected chi connectivity index (χ3v) is 6.15. The van der Waals surface area contributed by atoms with Gasteiger partial charge in [0.25, 0.3) is 0 Å². The van der Waals surface area contributed by atoms with E-state index in [0.29, 0.717) is 34.7 Å². The molecular weight excluding hydrogens is 490 g/mol. The van der Waals surface area contributed by atoms with Crippen molar-refractivity contribution in [3.8, 4) is 0 Å². The van der Waals surface area contributed by atoms with Crippen LogP contribution in [0.4, 0.5) is 34.5 Å². The number of hydrogen-bond donors (Lipinski definition) is 3. The molecule has 3 N–H and O–H groups in total. The van der Waals surface area contributed by atoms with Crippen molar-refractivity contribution < 1.29 is 9.59 Å². The summed E-state index contributed by atoms with van der Waals surface area (Å²) in [5.41, 5.74) is 3.26. The summed E-state index contributed by atoms with van der Waals surface area (Å²) in [6.45, 7) is 2.32. The van der Waals surface area contributed by atoms with E-state index in [-0.39, 0.29) is 18.2 Å². The predicted octanol–water partition coefficient (Wildman–Crippen LogP) is 5.31. The van der Waals surface area contributed by atoms with Crippen LogP contribution in [0.15, 0.2) is 79.3 Å². The molecule has 1 atom stereocenters. The molecule has 2 aromatic carbocycles. The molecule has 5 rings (SSSR count). The lowest BCUT2D eigenvalue weighted by Gasteiger charge is -2.17. The molecular formula is C27H24ClN7O2. The topological polar surface area (TPSA) is 112 Å². The highest BCUT2D eigenvalue weighted by molar-refractivity contribution is 6.30. The lowest BCUT2D eigenvalue weighted by atomic mass is 10.1. The van der Waals surface area contributed by atoms with Crippen molar-refractivity contribution >= 4 is 57.9 Å². The second-order valence-electron chi connectivity index (χ2n) is 8.71. The predicted molar refractivity (Wildman–Crippen MR) is 145 cm³/mol. The number of carbonyl (C=O) groups is 2. The van der Waals surface area contributed by atoms with Gasteiger partial charge in [-0.1, -0.05) is 11.6 Å². The number of aromatic nitrogens is 3. The Morgan fingerprint density at radius 2 is 1.57 bits per heavy atom. The number of amides is 2. The summed E-state index contributed by atoms with van der Waals surface area (Å²) in [6, 6.07) is 19.9. The van der Waals surface area contributed by atoms with E-state index in [1.54, 1.807) is 53.6 Å². The van der Waals surface area contributed by atoms with E-state index in [2.05, 4.69) is 30.9 Å². The van der Waals surface area contributed by atoms with Gasteiger partial charge in [-0.3, -0.25) is 9.59 Å². The highest BCUT2D eigenvalue weighted by Gasteiger charge is 2.35. The first-order chi connectivity index (χ1) is 17.9. The molecule has 0 saturated carbocycles. The van der Waals surface area contributed by atoms with Crippen LogP contribution in [0, 0.1) is 12.8 Å². The number of rotatable bonds is 7. The second kappa shape index (κ2) is 10.6. The Morgan fingerprint density at radius 1 is 0.892 bits per heavy atom. The summed E-state index contributed by atoms with van der Waals surface area (Å²) in [5, 5.41) is 9.89. The van der Waals surface area contributed by atoms with Gasteiger partial charge in [0.1, 0.15) is 23.8 Å². The van der Waals surface area contributed by atoms with E-state index in [9.17, 15) is 9.59 Å². The molecule has 2 aromatic heterocycles. The Kier molecular flexibility index (Phi) is 6.96. The standard InChI is InChI=1S/C27H24ClN7O2/c1-17-10-11-29-23(12-17)34-25-14-24(30-16-31-25)32-20-4-6-21(7-5-20)33-27(37)18-13-26(36)35(15-18)22-8-2-19(28)3-9-22/h2-12,14,16,18H,13,15H2,1H3,(H,33,37)(H2,29,30,31,32,34). The first-order valence-electron chi connectivity index (χ1n) is 11.7. The van der Waals surface area contributed by atoms with E-state index < -0.39 is 5.92 Å². The number of pyridine rings is 1. The van der Waals surface area contributed by atoms with E-state index in [1.807, 2.05) is 31.2 Å². The van der Waals surface area contributed by atoms with Crippen LogP contribution in [-0.4, -0.2) is 33.3 Å². The number of hydrogen-bond acceptors (Lipinski definition) is 7. The summed E-state index contributed by atoms with van der Waals surface area (Å²) >= 11 is 5.94. The molecule has 0 spiro atoms. The molecule has 1 fully saturated rings. The van der Waals surface area contributed by atoms with Crippen molar-refractivity contribution in [2.45, 2.75) is 13.3 Å². The zero-order chi connectivity index (χ0) is 25.8. The van der Waals surface area contributed by atoms with Gasteiger partial charge < -0.3 is 20.9 Å². The average molecular weight is 514 g/mol. The van der Waals surface area contributed by atoms with Crippen LogP contribution < -0.4 is 20.9 Å². The van der Waals surface area contributed by atoms with E-state index in [4.69, 9.17) is 11.6 Å². The number of nitrogens with one attached hydrogen (secondary N) is 3. The summed E-state index contributed by atoms with van der Waals surface area (Å²) < 4.78 is 0. The Labute approximate surface area is 218 Å². The summed E-state index contributed by atoms with van der Waals surface area (Å²) in [6.07, 6.45) is 3.36. The average Bonchev–Trinajstić information content (AvgIpc) is 3.28. The minimum absolute atomic E-state index is 0.0843. The normalized spacial score (nSPS) is 14.9. The quantitative estimate of drug-likeness (QED) is 0.307. The highest BCUT2D eigenvalue weighted by Crippen LogP contribution is 2.27. The second-order valence-corrected chi connectivity index (χ2v) is 9.14. The number of aryl methyl sites for hydroxylation is 1. The van der Waals surface area contributed by atoms with Gasteiger partial charge in [0.05, 0.1) is 5.92 Å². The van der Waals surface area contributed by atoms with Gasteiger partial charge in [0.15, 0.2) is 0 Å². The van der Waals surface area contributed by atoms with E-state index in [1.165, 1.54) is 6.33 Å². The van der Waals surface area contributed by atoms with Crippen molar-refractivity contribution in [3.05, 3.63) is 89.8 Å². The smallest absolute Gasteiger partial charge is 0.229 e. The molecule has 10 heteroatoms. The third-order valence-electron chi connectivity index (χ3n) is 5.90. The van der Waals surface area contributed by atoms with E-state index in [0.717, 1.165) is 16.9 Å². The molecule has 1 aliphatic rings. The first-order valence-corrected chi connectivity index (χ1v) is 12.1. The van der Waals surface area contributed by atoms with Crippen LogP contribution in [0.3, 0.4) is 0 Å². The summed E-state index contributed by atoms with van der Waals surface area (Å²) in [7, 11) is 0. The molecule has 2 amide bonds. The van der Waals surface area contributed by atoms with Gasteiger partial charge in [0.2, 0.25) is 11.8 Å². The molecule has 3 heterocycles. The Balaban J connectivity index is 1.18. The SMILES string of the molecule is Cc1ccnc(Nc2cc(Nc3ccc(NC(=O)C4CC(=O)N(c5ccc(Cl)cc5)C4)cc3)ncn2)c1. The lowest BCUT2D eigenvalue weighted by Crippen LogP contribution is -2.28. The minimum Gasteiger partial charge on any atom is -0.340 e. The van der Waals surface area contributed by atoms with Gasteiger partial charge in [-0.25, -0.2) is 15.0 Å². The zero-order valence-corrected chi connectivity index (χ0v) is 20.7. The first kappa shape index (κ1) is 24.2. The van der Waals surface area contributed by atoms with Crippen molar-refractivity contribution in [2.24, 2.45) is 5.92 Å². The van der Waals surface area contributed by atoms with Crippen molar-refractivity contribution in [1.29, 1.82) is 0 Å². The number of carbonyl (C=O) groups excluding carboxylic acids is 2. The van der Waals surface area contributed by atoms with E-state index >= 15 is 0 Å². The molecule has 37 heavy (non-hydrogen) atoms. The maximum Gasteiger partial charge on any atom is 0.229 e. The lowest BCUT2D eigenvalue weighted by molar-refractivity contribution is -0.122. The number of halogens is 1. The van der Waals surface area contributed by atoms with Crippen molar-refractivity contribution in [3.63, 3.8) is 0 Å². The molecule has 0 radical (unpaired) electrons. The van der Waals surface area contributed by atoms with Crippen LogP contribution in [0.5, 0.6) is 0 Å². The van der Waals surface area contributed by atoms with Crippen LogP contribution in [-0.2, 0) is 9.59 Å². The summed E-state index contributed by atoms with van der Waals surface area (Å²) in [5.74, 6) is 1.20. The maximum absolute atomic E-state index is 12.8. The van der Waals surface area contributed by atoms with Crippen LogP contribution >= 0.6 is 11.6 Å². The number of nitrogens with zero attached hydrogens (tertiary/aromatic N) is 4. The Bertz CT molecular complexity index is 1430. The van der Waals surface area contributed by atoms with Crippen LogP contribution in [0.25, 0.3) is 0 Å². The molecule has 0 bridgehead atoms. The Hall–Kier alpha value is -4.50. The minimum atomic E-state index is -0.434. The van der Waals surface area contributed by atoms with Crippen LogP contribution in [0.2, 0.25) is 5.02 Å². The fourth-order valence-electron chi connectivity index (χ4n) is 4.01. The summed E-state index contributed by atoms with van der Waals surface area (Å²) in [4.78, 5) is 39.7. The van der Waals surface area contributed by atoms with Gasteiger partial charge in [-0.2, -0.15) is 0 Å². The molecule has 9 nitrogen and oxygen atoms in total. The van der Waals surface area contributed by atoms with Gasteiger partial charge in [-0.05, 0) is 73.2 Å². The van der Waals surface area contributed by atoms with Crippen molar-refractivity contribution in [1.82, 2.24) is 15.0 Å². The maximum atomic E-state index is 12.8. The largest absolute Gasteiger partial charge is 0.340 e. The molecule has 1 unspecified atom stereocenters. The highest BCUT2D eigenvalue weighted by atomic mass is 35.5. The van der Waals surface area contributed by atoms with Gasteiger partial charge >= 0.3 is 0 Å². The zero-order valence-electron chi connectivity index (χ0n) is 20.0. The Morgan fingerprint density at radius 3 is 2.30 bits per heavy atom. The molecule has 1 saturated heterocycles. The molecule has 1 aliphatic heterocycles. The molecule has 186 valence electrons. The molecule has 4 aromatic rings. The number of anilines is 6. The van der Waals surface area contributed by atoms with Gasteiger partial charge in [-0.15, -0.1) is 0 Å². The fraction of sp³-hybridized carbons (Fsp3) is 0.148. The third kappa shape index (κ3) is 6.02. The monoisotopic (exact) mass is 513 g/mol. The fourth-order valence-corrected chi connectivity index (χ4v) is 4.14. The molecule has 0 aliphatic carbocycles. The van der Waals surface area contributed by atoms with Crippen molar-refractivity contribution in [2.75, 3.05) is 27.4 Å². The van der Waals surface area contributed by atoms with Gasteiger partial charge in [0, 0.05) is 47.3 Å².